The molecule has 0 atom stereocenters. The summed E-state index contributed by atoms with van der Waals surface area (Å²) in [5.74, 6) is 2.92. The standard InChI is InChI=1S/C11H17/c1-2-4-10(5-3-1)6-7-11-8-9-11/h1-2,11H,3-9H2. The van der Waals surface area contributed by atoms with Crippen LogP contribution in [0.2, 0.25) is 0 Å². The van der Waals surface area contributed by atoms with Crippen molar-refractivity contribution in [2.45, 2.75) is 44.9 Å². The quantitative estimate of drug-likeness (QED) is 0.539. The van der Waals surface area contributed by atoms with Gasteiger partial charge < -0.3 is 0 Å². The van der Waals surface area contributed by atoms with Crippen LogP contribution in [-0.2, 0) is 0 Å². The van der Waals surface area contributed by atoms with Crippen LogP contribution in [0.15, 0.2) is 12.2 Å². The van der Waals surface area contributed by atoms with Gasteiger partial charge in [-0.1, -0.05) is 25.0 Å². The van der Waals surface area contributed by atoms with Gasteiger partial charge in [0.1, 0.15) is 0 Å². The van der Waals surface area contributed by atoms with Crippen LogP contribution < -0.4 is 0 Å². The first kappa shape index (κ1) is 7.39. The third-order valence-electron chi connectivity index (χ3n) is 2.84. The molecule has 0 heterocycles. The summed E-state index contributed by atoms with van der Waals surface area (Å²) in [6.45, 7) is 0. The molecule has 2 rings (SSSR count). The van der Waals surface area contributed by atoms with Crippen LogP contribution in [-0.4, -0.2) is 0 Å². The van der Waals surface area contributed by atoms with Gasteiger partial charge in [0.25, 0.3) is 0 Å². The minimum atomic E-state index is 1.12. The minimum absolute atomic E-state index is 1.12. The summed E-state index contributed by atoms with van der Waals surface area (Å²) in [6.07, 6.45) is 14.6. The fraction of sp³-hybridized carbons (Fsp3) is 0.727. The van der Waals surface area contributed by atoms with E-state index in [1.54, 1.807) is 5.92 Å². The molecular weight excluding hydrogens is 132 g/mol. The van der Waals surface area contributed by atoms with E-state index in [0.29, 0.717) is 0 Å². The van der Waals surface area contributed by atoms with Crippen LogP contribution in [0, 0.1) is 11.8 Å². The van der Waals surface area contributed by atoms with Crippen LogP contribution in [0.1, 0.15) is 44.9 Å². The van der Waals surface area contributed by atoms with E-state index in [9.17, 15) is 0 Å². The zero-order valence-corrected chi connectivity index (χ0v) is 7.18. The molecule has 0 heteroatoms. The Morgan fingerprint density at radius 3 is 2.82 bits per heavy atom. The number of hydrogen-bond donors (Lipinski definition) is 0. The van der Waals surface area contributed by atoms with E-state index in [-0.39, 0.29) is 0 Å². The molecule has 11 heavy (non-hydrogen) atoms. The normalized spacial score (nSPS) is 25.8. The van der Waals surface area contributed by atoms with Crippen LogP contribution in [0.3, 0.4) is 0 Å². The van der Waals surface area contributed by atoms with Gasteiger partial charge in [0.05, 0.1) is 0 Å². The summed E-state index contributed by atoms with van der Waals surface area (Å²) in [5.41, 5.74) is 0. The summed E-state index contributed by atoms with van der Waals surface area (Å²) in [4.78, 5) is 0. The molecular formula is C11H17. The van der Waals surface area contributed by atoms with Crippen LogP contribution in [0.25, 0.3) is 0 Å². The van der Waals surface area contributed by atoms with Gasteiger partial charge in [0.15, 0.2) is 0 Å². The third-order valence-corrected chi connectivity index (χ3v) is 2.84. The molecule has 61 valence electrons. The molecule has 0 unspecified atom stereocenters. The Hall–Kier alpha value is -0.260. The van der Waals surface area contributed by atoms with Crippen LogP contribution in [0.5, 0.6) is 0 Å². The second kappa shape index (κ2) is 3.42. The topological polar surface area (TPSA) is 0 Å². The molecule has 2 aliphatic rings. The third kappa shape index (κ3) is 2.36. The minimum Gasteiger partial charge on any atom is -0.0885 e. The predicted octanol–water partition coefficient (Wildman–Crippen LogP) is 3.49. The molecule has 1 radical (unpaired) electrons. The molecule has 2 aliphatic carbocycles. The molecule has 1 fully saturated rings. The monoisotopic (exact) mass is 149 g/mol. The first-order chi connectivity index (χ1) is 5.45. The Kier molecular flexibility index (Phi) is 2.30. The Morgan fingerprint density at radius 2 is 2.18 bits per heavy atom. The van der Waals surface area contributed by atoms with Gasteiger partial charge in [-0.3, -0.25) is 0 Å². The lowest BCUT2D eigenvalue weighted by atomic mass is 9.89. The largest absolute Gasteiger partial charge is 0.0885 e. The first-order valence-electron chi connectivity index (χ1n) is 4.94. The highest BCUT2D eigenvalue weighted by molar-refractivity contribution is 5.05. The number of hydrogen-bond acceptors (Lipinski definition) is 0. The second-order valence-electron chi connectivity index (χ2n) is 3.95. The van der Waals surface area contributed by atoms with Crippen molar-refractivity contribution in [1.82, 2.24) is 0 Å². The molecule has 0 aromatic heterocycles. The Labute approximate surface area is 69.7 Å². The van der Waals surface area contributed by atoms with E-state index in [1.165, 1.54) is 44.9 Å². The Balaban J connectivity index is 1.64. The molecule has 0 aromatic carbocycles. The highest BCUT2D eigenvalue weighted by atomic mass is 14.3. The van der Waals surface area contributed by atoms with Crippen molar-refractivity contribution in [2.24, 2.45) is 5.92 Å². The molecule has 0 aliphatic heterocycles. The van der Waals surface area contributed by atoms with Gasteiger partial charge in [-0.25, -0.2) is 0 Å². The van der Waals surface area contributed by atoms with Gasteiger partial charge >= 0.3 is 0 Å². The molecule has 1 saturated carbocycles. The van der Waals surface area contributed by atoms with Crippen molar-refractivity contribution in [2.75, 3.05) is 0 Å². The van der Waals surface area contributed by atoms with Gasteiger partial charge in [-0.05, 0) is 43.9 Å². The fourth-order valence-electron chi connectivity index (χ4n) is 1.80. The highest BCUT2D eigenvalue weighted by Gasteiger charge is 2.22. The van der Waals surface area contributed by atoms with Gasteiger partial charge in [-0.2, -0.15) is 0 Å². The Morgan fingerprint density at radius 1 is 1.27 bits per heavy atom. The van der Waals surface area contributed by atoms with Crippen molar-refractivity contribution in [3.8, 4) is 0 Å². The molecule has 0 aromatic rings. The summed E-state index contributed by atoms with van der Waals surface area (Å²) < 4.78 is 0. The molecule has 0 N–H and O–H groups in total. The van der Waals surface area contributed by atoms with E-state index >= 15 is 0 Å². The zero-order chi connectivity index (χ0) is 7.52. The van der Waals surface area contributed by atoms with E-state index in [4.69, 9.17) is 0 Å². The maximum Gasteiger partial charge on any atom is -0.0200 e. The number of allylic oxidation sites excluding steroid dienone is 2. The SMILES string of the molecule is C1=CC[C](CCC2CC2)CC1. The Bertz CT molecular complexity index is 142. The van der Waals surface area contributed by atoms with Crippen molar-refractivity contribution in [1.29, 1.82) is 0 Å². The van der Waals surface area contributed by atoms with Gasteiger partial charge in [0, 0.05) is 0 Å². The van der Waals surface area contributed by atoms with Crippen molar-refractivity contribution < 1.29 is 0 Å². The molecule has 0 bridgehead atoms. The molecule has 0 nitrogen and oxygen atoms in total. The summed E-state index contributed by atoms with van der Waals surface area (Å²) in [5, 5.41) is 0. The maximum absolute atomic E-state index is 2.34. The van der Waals surface area contributed by atoms with Gasteiger partial charge in [-0.15, -0.1) is 0 Å². The molecule has 0 spiro atoms. The van der Waals surface area contributed by atoms with Crippen molar-refractivity contribution in [3.63, 3.8) is 0 Å². The highest BCUT2D eigenvalue weighted by Crippen LogP contribution is 2.37. The predicted molar refractivity (Wildman–Crippen MR) is 48.2 cm³/mol. The molecule has 0 amide bonds. The van der Waals surface area contributed by atoms with E-state index in [1.807, 2.05) is 0 Å². The summed E-state index contributed by atoms with van der Waals surface area (Å²) in [6, 6.07) is 0. The average molecular weight is 149 g/mol. The first-order valence-corrected chi connectivity index (χ1v) is 4.94. The fourth-order valence-corrected chi connectivity index (χ4v) is 1.80. The van der Waals surface area contributed by atoms with Crippen molar-refractivity contribution >= 4 is 0 Å². The zero-order valence-electron chi connectivity index (χ0n) is 7.18. The lowest BCUT2D eigenvalue weighted by molar-refractivity contribution is 0.610. The lowest BCUT2D eigenvalue weighted by Gasteiger charge is -2.16. The van der Waals surface area contributed by atoms with E-state index in [2.05, 4.69) is 12.2 Å². The van der Waals surface area contributed by atoms with E-state index < -0.39 is 0 Å². The lowest BCUT2D eigenvalue weighted by Crippen LogP contribution is -1.99. The average Bonchev–Trinajstić information content (AvgIpc) is 2.86. The summed E-state index contributed by atoms with van der Waals surface area (Å²) in [7, 11) is 0. The van der Waals surface area contributed by atoms with Crippen LogP contribution in [0.4, 0.5) is 0 Å². The van der Waals surface area contributed by atoms with E-state index in [0.717, 1.165) is 5.92 Å². The summed E-state index contributed by atoms with van der Waals surface area (Å²) >= 11 is 0. The number of rotatable bonds is 3. The second-order valence-corrected chi connectivity index (χ2v) is 3.95. The maximum atomic E-state index is 2.34. The van der Waals surface area contributed by atoms with Crippen LogP contribution >= 0.6 is 0 Å². The van der Waals surface area contributed by atoms with Crippen molar-refractivity contribution in [3.05, 3.63) is 18.1 Å². The smallest absolute Gasteiger partial charge is 0.0200 e. The molecule has 0 saturated heterocycles. The van der Waals surface area contributed by atoms with Gasteiger partial charge in [0.2, 0.25) is 0 Å².